The molecule has 3 heteroatoms. The number of imidazole rings is 1. The van der Waals surface area contributed by atoms with Crippen LogP contribution in [0.5, 0.6) is 0 Å². The maximum absolute atomic E-state index is 4.64. The van der Waals surface area contributed by atoms with E-state index in [9.17, 15) is 0 Å². The maximum Gasteiger partial charge on any atom is 0.106 e. The van der Waals surface area contributed by atoms with Gasteiger partial charge in [-0.2, -0.15) is 0 Å². The van der Waals surface area contributed by atoms with Gasteiger partial charge in [-0.05, 0) is 38.6 Å². The van der Waals surface area contributed by atoms with E-state index in [2.05, 4.69) is 71.2 Å². The number of aromatic nitrogens is 2. The summed E-state index contributed by atoms with van der Waals surface area (Å²) >= 11 is 0. The topological polar surface area (TPSA) is 29.9 Å². The van der Waals surface area contributed by atoms with E-state index in [1.807, 2.05) is 13.1 Å². The molecule has 0 bridgehead atoms. The number of nitrogens with zero attached hydrogens (tertiary/aromatic N) is 2. The van der Waals surface area contributed by atoms with Gasteiger partial charge in [0, 0.05) is 6.54 Å². The first-order valence-corrected chi connectivity index (χ1v) is 7.34. The van der Waals surface area contributed by atoms with Gasteiger partial charge in [0.25, 0.3) is 0 Å². The molecule has 0 fully saturated rings. The quantitative estimate of drug-likeness (QED) is 0.790. The van der Waals surface area contributed by atoms with Crippen molar-refractivity contribution in [3.05, 3.63) is 65.5 Å². The third-order valence-electron chi connectivity index (χ3n) is 4.04. The van der Waals surface area contributed by atoms with Crippen molar-refractivity contribution in [1.82, 2.24) is 14.9 Å². The summed E-state index contributed by atoms with van der Waals surface area (Å²) in [6, 6.07) is 17.3. The van der Waals surface area contributed by atoms with Crippen molar-refractivity contribution in [2.45, 2.75) is 26.4 Å². The number of aryl methyl sites for hydroxylation is 2. The van der Waals surface area contributed by atoms with Crippen molar-refractivity contribution >= 4 is 11.0 Å². The van der Waals surface area contributed by atoms with E-state index in [1.165, 1.54) is 16.6 Å². The molecular formula is C18H21N3. The second-order valence-electron chi connectivity index (χ2n) is 5.51. The fourth-order valence-corrected chi connectivity index (χ4v) is 2.77. The largest absolute Gasteiger partial charge is 0.326 e. The first kappa shape index (κ1) is 13.8. The Morgan fingerprint density at radius 3 is 2.48 bits per heavy atom. The molecule has 3 nitrogen and oxygen atoms in total. The van der Waals surface area contributed by atoms with Crippen LogP contribution >= 0.6 is 0 Å². The highest BCUT2D eigenvalue weighted by Gasteiger charge is 2.14. The van der Waals surface area contributed by atoms with Gasteiger partial charge in [0.15, 0.2) is 0 Å². The summed E-state index contributed by atoms with van der Waals surface area (Å²) in [6.07, 6.45) is 0. The van der Waals surface area contributed by atoms with Crippen molar-refractivity contribution in [3.63, 3.8) is 0 Å². The standard InChI is InChI=1S/C18H21N3/c1-13-8-10-15(11-9-13)17(19-3)12-21-14(2)20-16-6-4-5-7-18(16)21/h4-11,17,19H,12H2,1-3H3. The molecule has 21 heavy (non-hydrogen) atoms. The summed E-state index contributed by atoms with van der Waals surface area (Å²) in [5.74, 6) is 1.06. The van der Waals surface area contributed by atoms with Gasteiger partial charge in [0.2, 0.25) is 0 Å². The van der Waals surface area contributed by atoms with E-state index in [-0.39, 0.29) is 6.04 Å². The molecule has 1 aromatic heterocycles. The van der Waals surface area contributed by atoms with Gasteiger partial charge in [-0.1, -0.05) is 42.0 Å². The van der Waals surface area contributed by atoms with Crippen LogP contribution in [-0.4, -0.2) is 16.6 Å². The number of hydrogen-bond acceptors (Lipinski definition) is 2. The lowest BCUT2D eigenvalue weighted by molar-refractivity contribution is 0.501. The zero-order valence-electron chi connectivity index (χ0n) is 12.8. The predicted molar refractivity (Wildman–Crippen MR) is 87.4 cm³/mol. The average molecular weight is 279 g/mol. The summed E-state index contributed by atoms with van der Waals surface area (Å²) in [7, 11) is 2.01. The van der Waals surface area contributed by atoms with Crippen molar-refractivity contribution in [3.8, 4) is 0 Å². The van der Waals surface area contributed by atoms with Crippen molar-refractivity contribution in [2.24, 2.45) is 0 Å². The van der Waals surface area contributed by atoms with Crippen LogP contribution in [0.1, 0.15) is 23.0 Å². The Labute approximate surface area is 125 Å². The average Bonchev–Trinajstić information content (AvgIpc) is 2.81. The summed E-state index contributed by atoms with van der Waals surface area (Å²) in [6.45, 7) is 5.07. The monoisotopic (exact) mass is 279 g/mol. The SMILES string of the molecule is CNC(Cn1c(C)nc2ccccc21)c1ccc(C)cc1. The van der Waals surface area contributed by atoms with E-state index in [0.717, 1.165) is 17.9 Å². The molecule has 1 N–H and O–H groups in total. The molecule has 1 atom stereocenters. The van der Waals surface area contributed by atoms with Crippen LogP contribution in [0.3, 0.4) is 0 Å². The van der Waals surface area contributed by atoms with Crippen molar-refractivity contribution in [1.29, 1.82) is 0 Å². The molecule has 0 aliphatic carbocycles. The molecule has 0 spiro atoms. The number of nitrogens with one attached hydrogen (secondary N) is 1. The molecule has 2 aromatic carbocycles. The molecule has 0 aliphatic heterocycles. The molecule has 0 aliphatic rings. The molecule has 108 valence electrons. The van der Waals surface area contributed by atoms with Gasteiger partial charge in [-0.25, -0.2) is 4.98 Å². The molecular weight excluding hydrogens is 258 g/mol. The van der Waals surface area contributed by atoms with E-state index >= 15 is 0 Å². The van der Waals surface area contributed by atoms with Crippen LogP contribution in [0.25, 0.3) is 11.0 Å². The van der Waals surface area contributed by atoms with Gasteiger partial charge in [-0.3, -0.25) is 0 Å². The predicted octanol–water partition coefficient (Wildman–Crippen LogP) is 3.61. The molecule has 0 amide bonds. The Hall–Kier alpha value is -2.13. The number of rotatable bonds is 4. The maximum atomic E-state index is 4.64. The van der Waals surface area contributed by atoms with Crippen LogP contribution in [0.4, 0.5) is 0 Å². The number of para-hydroxylation sites is 2. The summed E-state index contributed by atoms with van der Waals surface area (Å²) < 4.78 is 2.29. The molecule has 0 saturated heterocycles. The molecule has 0 radical (unpaired) electrons. The zero-order chi connectivity index (χ0) is 14.8. The smallest absolute Gasteiger partial charge is 0.106 e. The van der Waals surface area contributed by atoms with Gasteiger partial charge in [0.05, 0.1) is 17.1 Å². The lowest BCUT2D eigenvalue weighted by Crippen LogP contribution is -2.22. The van der Waals surface area contributed by atoms with Gasteiger partial charge >= 0.3 is 0 Å². The highest BCUT2D eigenvalue weighted by atomic mass is 15.1. The highest BCUT2D eigenvalue weighted by Crippen LogP contribution is 2.21. The number of fused-ring (bicyclic) bond motifs is 1. The number of benzene rings is 2. The van der Waals surface area contributed by atoms with Crippen LogP contribution in [0.15, 0.2) is 48.5 Å². The summed E-state index contributed by atoms with van der Waals surface area (Å²) in [4.78, 5) is 4.64. The first-order chi connectivity index (χ1) is 10.2. The van der Waals surface area contributed by atoms with Crippen LogP contribution in [-0.2, 0) is 6.54 Å². The van der Waals surface area contributed by atoms with E-state index < -0.39 is 0 Å². The van der Waals surface area contributed by atoms with E-state index in [1.54, 1.807) is 0 Å². The van der Waals surface area contributed by atoms with Gasteiger partial charge in [-0.15, -0.1) is 0 Å². The second-order valence-corrected chi connectivity index (χ2v) is 5.51. The molecule has 1 unspecified atom stereocenters. The van der Waals surface area contributed by atoms with Crippen molar-refractivity contribution < 1.29 is 0 Å². The van der Waals surface area contributed by atoms with Crippen LogP contribution in [0, 0.1) is 13.8 Å². The van der Waals surface area contributed by atoms with Gasteiger partial charge < -0.3 is 9.88 Å². The third-order valence-corrected chi connectivity index (χ3v) is 4.04. The molecule has 0 saturated carbocycles. The minimum absolute atomic E-state index is 0.280. The first-order valence-electron chi connectivity index (χ1n) is 7.34. The Morgan fingerprint density at radius 1 is 1.05 bits per heavy atom. The Bertz CT molecular complexity index is 741. The Balaban J connectivity index is 1.96. The number of hydrogen-bond donors (Lipinski definition) is 1. The van der Waals surface area contributed by atoms with Crippen LogP contribution < -0.4 is 5.32 Å². The zero-order valence-corrected chi connectivity index (χ0v) is 12.8. The number of likely N-dealkylation sites (N-methyl/N-ethyl adjacent to an activating group) is 1. The van der Waals surface area contributed by atoms with Crippen molar-refractivity contribution in [2.75, 3.05) is 7.05 Å². The third kappa shape index (κ3) is 2.69. The minimum atomic E-state index is 0.280. The van der Waals surface area contributed by atoms with E-state index in [4.69, 9.17) is 0 Å². The molecule has 3 aromatic rings. The Morgan fingerprint density at radius 2 is 1.76 bits per heavy atom. The lowest BCUT2D eigenvalue weighted by atomic mass is 10.1. The molecule has 3 rings (SSSR count). The summed E-state index contributed by atoms with van der Waals surface area (Å²) in [5.41, 5.74) is 4.86. The second kappa shape index (κ2) is 5.70. The fourth-order valence-electron chi connectivity index (χ4n) is 2.77. The van der Waals surface area contributed by atoms with Gasteiger partial charge in [0.1, 0.15) is 5.82 Å². The normalized spacial score (nSPS) is 12.7. The minimum Gasteiger partial charge on any atom is -0.326 e. The molecule has 1 heterocycles. The highest BCUT2D eigenvalue weighted by molar-refractivity contribution is 5.75. The van der Waals surface area contributed by atoms with E-state index in [0.29, 0.717) is 0 Å². The Kier molecular flexibility index (Phi) is 3.76. The summed E-state index contributed by atoms with van der Waals surface area (Å²) in [5, 5.41) is 3.42. The van der Waals surface area contributed by atoms with Crippen LogP contribution in [0.2, 0.25) is 0 Å². The fraction of sp³-hybridized carbons (Fsp3) is 0.278. The lowest BCUT2D eigenvalue weighted by Gasteiger charge is -2.19.